The van der Waals surface area contributed by atoms with E-state index in [1.807, 2.05) is 0 Å². The van der Waals surface area contributed by atoms with Gasteiger partial charge in [-0.1, -0.05) is 0 Å². The van der Waals surface area contributed by atoms with Gasteiger partial charge in [-0.3, -0.25) is 10.1 Å². The van der Waals surface area contributed by atoms with E-state index in [1.165, 1.54) is 6.92 Å². The molecule has 13 heavy (non-hydrogen) atoms. The molecule has 0 bridgehead atoms. The lowest BCUT2D eigenvalue weighted by molar-refractivity contribution is -0.385. The van der Waals surface area contributed by atoms with Crippen LogP contribution in [0.2, 0.25) is 0 Å². The number of nitrogens with zero attached hydrogens (tertiary/aromatic N) is 1. The number of halogens is 1. The van der Waals surface area contributed by atoms with E-state index in [2.05, 4.69) is 0 Å². The molecular weight excluding hydrogens is 175 g/mol. The molecule has 1 rings (SSSR count). The third-order valence-corrected chi connectivity index (χ3v) is 1.67. The van der Waals surface area contributed by atoms with Gasteiger partial charge in [-0.15, -0.1) is 0 Å². The van der Waals surface area contributed by atoms with Crippen molar-refractivity contribution in [2.24, 2.45) is 0 Å². The number of nitrogens with one attached hydrogen (secondary N) is 1. The molecule has 0 aromatic heterocycles. The molecule has 0 aliphatic heterocycles. The van der Waals surface area contributed by atoms with Gasteiger partial charge < -0.3 is 5.41 Å². The molecule has 1 aromatic rings. The molecule has 1 aromatic carbocycles. The van der Waals surface area contributed by atoms with Crippen LogP contribution in [0.4, 0.5) is 10.1 Å². The van der Waals surface area contributed by atoms with Gasteiger partial charge in [0, 0.05) is 6.21 Å². The second-order valence-electron chi connectivity index (χ2n) is 2.56. The van der Waals surface area contributed by atoms with Gasteiger partial charge in [-0.2, -0.15) is 0 Å². The van der Waals surface area contributed by atoms with E-state index in [0.717, 1.165) is 18.3 Å². The SMILES string of the molecule is Cc1cc(F)cc([N+](=O)[O-])c1C=N. The normalized spacial score (nSPS) is 9.69. The molecule has 0 unspecified atom stereocenters. The third kappa shape index (κ3) is 1.69. The highest BCUT2D eigenvalue weighted by molar-refractivity contribution is 5.85. The summed E-state index contributed by atoms with van der Waals surface area (Å²) in [5, 5.41) is 17.4. The van der Waals surface area contributed by atoms with Gasteiger partial charge in [0.1, 0.15) is 5.82 Å². The molecule has 0 amide bonds. The first-order valence-electron chi connectivity index (χ1n) is 3.51. The maximum absolute atomic E-state index is 12.7. The molecule has 4 nitrogen and oxygen atoms in total. The summed E-state index contributed by atoms with van der Waals surface area (Å²) in [5.41, 5.74) is 0.167. The minimum absolute atomic E-state index is 0.145. The van der Waals surface area contributed by atoms with Crippen LogP contribution >= 0.6 is 0 Å². The van der Waals surface area contributed by atoms with Crippen LogP contribution in [-0.2, 0) is 0 Å². The minimum atomic E-state index is -0.698. The fraction of sp³-hybridized carbons (Fsp3) is 0.125. The van der Waals surface area contributed by atoms with Gasteiger partial charge in [0.15, 0.2) is 0 Å². The van der Waals surface area contributed by atoms with Gasteiger partial charge >= 0.3 is 0 Å². The highest BCUT2D eigenvalue weighted by Gasteiger charge is 2.15. The summed E-state index contributed by atoms with van der Waals surface area (Å²) in [6, 6.07) is 1.97. The van der Waals surface area contributed by atoms with Crippen molar-refractivity contribution in [1.82, 2.24) is 0 Å². The maximum Gasteiger partial charge on any atom is 0.281 e. The van der Waals surface area contributed by atoms with Crippen molar-refractivity contribution >= 4 is 11.9 Å². The first kappa shape index (κ1) is 9.31. The Balaban J connectivity index is 3.46. The monoisotopic (exact) mass is 182 g/mol. The predicted molar refractivity (Wildman–Crippen MR) is 45.7 cm³/mol. The number of nitro benzene ring substituents is 1. The molecule has 0 heterocycles. The highest BCUT2D eigenvalue weighted by atomic mass is 19.1. The maximum atomic E-state index is 12.7. The van der Waals surface area contributed by atoms with E-state index >= 15 is 0 Å². The van der Waals surface area contributed by atoms with Crippen LogP contribution in [-0.4, -0.2) is 11.1 Å². The summed E-state index contributed by atoms with van der Waals surface area (Å²) in [4.78, 5) is 9.72. The van der Waals surface area contributed by atoms with Crippen LogP contribution < -0.4 is 0 Å². The van der Waals surface area contributed by atoms with Crippen LogP contribution in [0.15, 0.2) is 12.1 Å². The lowest BCUT2D eigenvalue weighted by Crippen LogP contribution is -1.98. The van der Waals surface area contributed by atoms with Crippen molar-refractivity contribution < 1.29 is 9.31 Å². The van der Waals surface area contributed by atoms with Crippen molar-refractivity contribution in [3.05, 3.63) is 39.2 Å². The number of benzene rings is 1. The average Bonchev–Trinajstić information content (AvgIpc) is 2.02. The molecule has 0 radical (unpaired) electrons. The molecule has 0 saturated carbocycles. The predicted octanol–water partition coefficient (Wildman–Crippen LogP) is 2.04. The van der Waals surface area contributed by atoms with Crippen LogP contribution in [0.25, 0.3) is 0 Å². The molecule has 0 spiro atoms. The van der Waals surface area contributed by atoms with Crippen molar-refractivity contribution in [2.75, 3.05) is 0 Å². The average molecular weight is 182 g/mol. The summed E-state index contributed by atoms with van der Waals surface area (Å²) < 4.78 is 12.7. The summed E-state index contributed by atoms with van der Waals surface area (Å²) in [6.07, 6.45) is 0.854. The fourth-order valence-corrected chi connectivity index (χ4v) is 1.08. The van der Waals surface area contributed by atoms with Gasteiger partial charge in [0.25, 0.3) is 5.69 Å². The Hall–Kier alpha value is -1.78. The number of nitro groups is 1. The van der Waals surface area contributed by atoms with E-state index in [-0.39, 0.29) is 11.3 Å². The first-order chi connectivity index (χ1) is 6.06. The lowest BCUT2D eigenvalue weighted by Gasteiger charge is -2.00. The van der Waals surface area contributed by atoms with Crippen molar-refractivity contribution in [1.29, 1.82) is 5.41 Å². The molecule has 0 aliphatic rings. The Bertz CT molecular complexity index is 377. The number of rotatable bonds is 2. The summed E-state index contributed by atoms with van der Waals surface area (Å²) >= 11 is 0. The molecule has 1 N–H and O–H groups in total. The summed E-state index contributed by atoms with van der Waals surface area (Å²) in [7, 11) is 0. The van der Waals surface area contributed by atoms with E-state index in [0.29, 0.717) is 5.56 Å². The summed E-state index contributed by atoms with van der Waals surface area (Å²) in [5.74, 6) is -0.658. The molecular formula is C8H7FN2O2. The van der Waals surface area contributed by atoms with Gasteiger partial charge in [0.05, 0.1) is 16.6 Å². The van der Waals surface area contributed by atoms with Gasteiger partial charge in [0.2, 0.25) is 0 Å². The number of aryl methyl sites for hydroxylation is 1. The molecule has 0 aliphatic carbocycles. The number of hydrogen-bond donors (Lipinski definition) is 1. The van der Waals surface area contributed by atoms with Crippen LogP contribution in [0, 0.1) is 28.3 Å². The fourth-order valence-electron chi connectivity index (χ4n) is 1.08. The van der Waals surface area contributed by atoms with E-state index in [1.54, 1.807) is 0 Å². The standard InChI is InChI=1S/C8H7FN2O2/c1-5-2-6(9)3-8(11(12)13)7(5)4-10/h2-4,10H,1H3. The zero-order chi connectivity index (χ0) is 10.0. The molecule has 0 saturated heterocycles. The van der Waals surface area contributed by atoms with E-state index in [9.17, 15) is 14.5 Å². The molecule has 0 atom stereocenters. The lowest BCUT2D eigenvalue weighted by atomic mass is 10.1. The quantitative estimate of drug-likeness (QED) is 0.432. The second-order valence-corrected chi connectivity index (χ2v) is 2.56. The Labute approximate surface area is 73.7 Å². The zero-order valence-corrected chi connectivity index (χ0v) is 6.87. The van der Waals surface area contributed by atoms with Crippen LogP contribution in [0.1, 0.15) is 11.1 Å². The Kier molecular flexibility index (Phi) is 2.36. The van der Waals surface area contributed by atoms with E-state index in [4.69, 9.17) is 5.41 Å². The van der Waals surface area contributed by atoms with Gasteiger partial charge in [-0.05, 0) is 18.6 Å². The van der Waals surface area contributed by atoms with Crippen molar-refractivity contribution in [3.63, 3.8) is 0 Å². The third-order valence-electron chi connectivity index (χ3n) is 1.67. The second kappa shape index (κ2) is 3.30. The Morgan fingerprint density at radius 2 is 2.23 bits per heavy atom. The number of hydrogen-bond acceptors (Lipinski definition) is 3. The van der Waals surface area contributed by atoms with Gasteiger partial charge in [-0.25, -0.2) is 4.39 Å². The molecule has 68 valence electrons. The summed E-state index contributed by atoms with van der Waals surface area (Å²) in [6.45, 7) is 1.52. The highest BCUT2D eigenvalue weighted by Crippen LogP contribution is 2.21. The first-order valence-corrected chi connectivity index (χ1v) is 3.51. The van der Waals surface area contributed by atoms with Crippen molar-refractivity contribution in [2.45, 2.75) is 6.92 Å². The van der Waals surface area contributed by atoms with Crippen LogP contribution in [0.5, 0.6) is 0 Å². The topological polar surface area (TPSA) is 67.0 Å². The zero-order valence-electron chi connectivity index (χ0n) is 6.87. The van der Waals surface area contributed by atoms with Crippen molar-refractivity contribution in [3.8, 4) is 0 Å². The minimum Gasteiger partial charge on any atom is -0.308 e. The Morgan fingerprint density at radius 1 is 1.62 bits per heavy atom. The van der Waals surface area contributed by atoms with Crippen LogP contribution in [0.3, 0.4) is 0 Å². The van der Waals surface area contributed by atoms with E-state index < -0.39 is 10.7 Å². The Morgan fingerprint density at radius 3 is 2.69 bits per heavy atom. The smallest absolute Gasteiger partial charge is 0.281 e. The molecule has 0 fully saturated rings. The molecule has 5 heteroatoms. The largest absolute Gasteiger partial charge is 0.308 e.